The van der Waals surface area contributed by atoms with Crippen molar-refractivity contribution in [3.8, 4) is 0 Å². The molecule has 0 spiro atoms. The van der Waals surface area contributed by atoms with Gasteiger partial charge in [-0.2, -0.15) is 18.2 Å². The lowest BCUT2D eigenvalue weighted by Crippen LogP contribution is -2.46. The van der Waals surface area contributed by atoms with Crippen LogP contribution in [0.15, 0.2) is 42.6 Å². The van der Waals surface area contributed by atoms with E-state index in [9.17, 15) is 22.8 Å². The first-order valence-corrected chi connectivity index (χ1v) is 13.1. The minimum absolute atomic E-state index is 0.0682. The van der Waals surface area contributed by atoms with Crippen LogP contribution in [0.5, 0.6) is 0 Å². The van der Waals surface area contributed by atoms with Crippen LogP contribution in [0.4, 0.5) is 46.8 Å². The van der Waals surface area contributed by atoms with Crippen LogP contribution in [0.25, 0.3) is 0 Å². The average Bonchev–Trinajstić information content (AvgIpc) is 2.95. The van der Waals surface area contributed by atoms with Crippen molar-refractivity contribution in [2.75, 3.05) is 72.7 Å². The van der Waals surface area contributed by atoms with Crippen molar-refractivity contribution in [3.05, 3.63) is 64.8 Å². The number of nitrogens with one attached hydrogen (secondary N) is 2. The maximum Gasteiger partial charge on any atom is 0.418 e. The van der Waals surface area contributed by atoms with Crippen LogP contribution in [-0.2, 0) is 12.7 Å². The number of urea groups is 1. The number of anilines is 5. The monoisotopic (exact) mass is 568 g/mol. The molecule has 3 heterocycles. The minimum Gasteiger partial charge on any atom is -0.368 e. The van der Waals surface area contributed by atoms with Crippen LogP contribution in [-0.4, -0.2) is 74.1 Å². The number of rotatable bonds is 5. The Morgan fingerprint density at radius 1 is 1.00 bits per heavy atom. The number of hydrogen-bond acceptors (Lipinski definition) is 7. The topological polar surface area (TPSA) is 96.9 Å². The molecule has 3 aromatic rings. The standard InChI is InChI=1S/C28H31F3N8O2/c1-17-5-7-20(14-23(17)39-16-19-15-33-26(32-2)35-24(19)37(4)27(39)41)34-25(40)18-6-8-22(21(13-18)28(29,30)31)38-11-9-36(3)10-12-38/h5-8,13-15H,9-12,16H2,1-4H3,(H,34,40)(H,32,33,35). The van der Waals surface area contributed by atoms with Crippen molar-refractivity contribution in [2.45, 2.75) is 19.6 Å². The van der Waals surface area contributed by atoms with Gasteiger partial charge in [0.15, 0.2) is 0 Å². The molecule has 1 saturated heterocycles. The van der Waals surface area contributed by atoms with Crippen molar-refractivity contribution in [1.29, 1.82) is 0 Å². The molecule has 2 aliphatic rings. The van der Waals surface area contributed by atoms with Crippen molar-refractivity contribution in [3.63, 3.8) is 0 Å². The van der Waals surface area contributed by atoms with E-state index in [2.05, 4.69) is 25.5 Å². The number of carbonyl (C=O) groups is 2. The lowest BCUT2D eigenvalue weighted by molar-refractivity contribution is -0.137. The summed E-state index contributed by atoms with van der Waals surface area (Å²) < 4.78 is 42.1. The number of nitrogens with zero attached hydrogens (tertiary/aromatic N) is 6. The van der Waals surface area contributed by atoms with Gasteiger partial charge in [0.1, 0.15) is 5.82 Å². The second kappa shape index (κ2) is 10.9. The van der Waals surface area contributed by atoms with E-state index >= 15 is 0 Å². The summed E-state index contributed by atoms with van der Waals surface area (Å²) in [5.74, 6) is 0.201. The molecule has 41 heavy (non-hydrogen) atoms. The number of amides is 3. The Balaban J connectivity index is 1.40. The number of halogens is 3. The number of hydrogen-bond donors (Lipinski definition) is 2. The van der Waals surface area contributed by atoms with Gasteiger partial charge in [-0.05, 0) is 49.9 Å². The fraction of sp³-hybridized carbons (Fsp3) is 0.357. The normalized spacial score (nSPS) is 16.1. The zero-order valence-corrected chi connectivity index (χ0v) is 23.2. The van der Waals surface area contributed by atoms with Gasteiger partial charge in [0.05, 0.1) is 17.8 Å². The Kier molecular flexibility index (Phi) is 7.47. The second-order valence-corrected chi connectivity index (χ2v) is 10.2. The summed E-state index contributed by atoms with van der Waals surface area (Å²) >= 11 is 0. The van der Waals surface area contributed by atoms with E-state index in [0.717, 1.165) is 17.2 Å². The van der Waals surface area contributed by atoms with Gasteiger partial charge in [-0.25, -0.2) is 9.78 Å². The zero-order valence-electron chi connectivity index (χ0n) is 23.2. The number of likely N-dealkylation sites (N-methyl/N-ethyl adjacent to an activating group) is 1. The van der Waals surface area contributed by atoms with E-state index in [-0.39, 0.29) is 23.8 Å². The maximum absolute atomic E-state index is 14.0. The second-order valence-electron chi connectivity index (χ2n) is 10.2. The lowest BCUT2D eigenvalue weighted by Gasteiger charge is -2.35. The SMILES string of the molecule is CNc1ncc2c(n1)N(C)C(=O)N(c1cc(NC(=O)c3ccc(N4CCN(C)CC4)c(C(F)(F)F)c3)ccc1C)C2. The van der Waals surface area contributed by atoms with Crippen LogP contribution in [0, 0.1) is 6.92 Å². The molecular weight excluding hydrogens is 537 g/mol. The Morgan fingerprint density at radius 2 is 1.73 bits per heavy atom. The molecule has 0 radical (unpaired) electrons. The summed E-state index contributed by atoms with van der Waals surface area (Å²) in [5, 5.41) is 5.55. The number of aryl methyl sites for hydroxylation is 1. The maximum atomic E-state index is 14.0. The highest BCUT2D eigenvalue weighted by molar-refractivity contribution is 6.07. The van der Waals surface area contributed by atoms with E-state index in [1.54, 1.807) is 48.3 Å². The van der Waals surface area contributed by atoms with Gasteiger partial charge >= 0.3 is 12.2 Å². The van der Waals surface area contributed by atoms with Crippen LogP contribution < -0.4 is 25.3 Å². The van der Waals surface area contributed by atoms with E-state index < -0.39 is 17.6 Å². The summed E-state index contributed by atoms with van der Waals surface area (Å²) in [6.45, 7) is 4.28. The predicted molar refractivity (Wildman–Crippen MR) is 152 cm³/mol. The fourth-order valence-corrected chi connectivity index (χ4v) is 5.03. The summed E-state index contributed by atoms with van der Waals surface area (Å²) in [6.07, 6.45) is -2.98. The molecule has 13 heteroatoms. The molecule has 5 rings (SSSR count). The number of alkyl halides is 3. The highest BCUT2D eigenvalue weighted by atomic mass is 19.4. The Morgan fingerprint density at radius 3 is 2.41 bits per heavy atom. The summed E-state index contributed by atoms with van der Waals surface area (Å²) in [5.41, 5.74) is 1.51. The van der Waals surface area contributed by atoms with Gasteiger partial charge in [0, 0.05) is 69.0 Å². The quantitative estimate of drug-likeness (QED) is 0.470. The molecule has 216 valence electrons. The van der Waals surface area contributed by atoms with E-state index in [4.69, 9.17) is 0 Å². The molecular formula is C28H31F3N8O2. The predicted octanol–water partition coefficient (Wildman–Crippen LogP) is 4.43. The Bertz CT molecular complexity index is 1490. The Hall–Kier alpha value is -4.39. The highest BCUT2D eigenvalue weighted by Gasteiger charge is 2.36. The third-order valence-corrected chi connectivity index (χ3v) is 7.40. The minimum atomic E-state index is -4.62. The molecule has 0 atom stereocenters. The first kappa shape index (κ1) is 28.1. The summed E-state index contributed by atoms with van der Waals surface area (Å²) in [7, 11) is 5.23. The van der Waals surface area contributed by atoms with E-state index in [1.165, 1.54) is 17.0 Å². The number of piperazine rings is 1. The molecule has 2 aliphatic heterocycles. The van der Waals surface area contributed by atoms with Gasteiger partial charge in [0.25, 0.3) is 5.91 Å². The van der Waals surface area contributed by atoms with Gasteiger partial charge in [0.2, 0.25) is 5.95 Å². The number of aromatic nitrogens is 2. The fourth-order valence-electron chi connectivity index (χ4n) is 5.03. The van der Waals surface area contributed by atoms with Crippen molar-refractivity contribution in [1.82, 2.24) is 14.9 Å². The highest BCUT2D eigenvalue weighted by Crippen LogP contribution is 2.38. The molecule has 1 fully saturated rings. The largest absolute Gasteiger partial charge is 0.418 e. The molecule has 3 amide bonds. The summed E-state index contributed by atoms with van der Waals surface area (Å²) in [4.78, 5) is 41.8. The van der Waals surface area contributed by atoms with Crippen LogP contribution >= 0.6 is 0 Å². The van der Waals surface area contributed by atoms with Crippen molar-refractivity contribution >= 4 is 40.8 Å². The van der Waals surface area contributed by atoms with Crippen LogP contribution in [0.3, 0.4) is 0 Å². The molecule has 0 saturated carbocycles. The number of carbonyl (C=O) groups excluding carboxylic acids is 2. The van der Waals surface area contributed by atoms with Gasteiger partial charge < -0.3 is 20.4 Å². The van der Waals surface area contributed by atoms with Crippen LogP contribution in [0.2, 0.25) is 0 Å². The third-order valence-electron chi connectivity index (χ3n) is 7.40. The number of fused-ring (bicyclic) bond motifs is 1. The Labute approximate surface area is 235 Å². The molecule has 0 unspecified atom stereocenters. The molecule has 10 nitrogen and oxygen atoms in total. The van der Waals surface area contributed by atoms with Crippen molar-refractivity contribution in [2.24, 2.45) is 0 Å². The van der Waals surface area contributed by atoms with Gasteiger partial charge in [-0.3, -0.25) is 14.6 Å². The molecule has 0 aliphatic carbocycles. The zero-order chi connectivity index (χ0) is 29.5. The van der Waals surface area contributed by atoms with Gasteiger partial charge in [-0.15, -0.1) is 0 Å². The number of benzene rings is 2. The molecule has 2 N–H and O–H groups in total. The van der Waals surface area contributed by atoms with E-state index in [0.29, 0.717) is 49.3 Å². The van der Waals surface area contributed by atoms with Gasteiger partial charge in [-0.1, -0.05) is 6.07 Å². The molecule has 0 bridgehead atoms. The third kappa shape index (κ3) is 5.62. The lowest BCUT2D eigenvalue weighted by atomic mass is 10.1. The van der Waals surface area contributed by atoms with Crippen molar-refractivity contribution < 1.29 is 22.8 Å². The first-order chi connectivity index (χ1) is 19.5. The average molecular weight is 569 g/mol. The first-order valence-electron chi connectivity index (χ1n) is 13.1. The molecule has 1 aromatic heterocycles. The van der Waals surface area contributed by atoms with E-state index in [1.807, 2.05) is 14.0 Å². The summed E-state index contributed by atoms with van der Waals surface area (Å²) in [6, 6.07) is 8.38. The smallest absolute Gasteiger partial charge is 0.368 e. The molecule has 2 aromatic carbocycles. The van der Waals surface area contributed by atoms with Crippen LogP contribution in [0.1, 0.15) is 27.0 Å².